The minimum absolute atomic E-state index is 1.08. The summed E-state index contributed by atoms with van der Waals surface area (Å²) >= 11 is 0. The Morgan fingerprint density at radius 2 is 0.190 bits per heavy atom. The molecule has 0 aliphatic rings. The Hall–Kier alpha value is -15.9. The molecule has 0 spiro atoms. The molecule has 698 valence electrons. The highest BCUT2D eigenvalue weighted by molar-refractivity contribution is 5.98. The summed E-state index contributed by atoms with van der Waals surface area (Å²) in [4.78, 5) is 362. The van der Waals surface area contributed by atoms with Crippen LogP contribution in [0.2, 0.25) is 0 Å². The molecule has 0 heterocycles. The number of ether oxygens (including phenoxy) is 21. The van der Waals surface area contributed by atoms with Crippen molar-refractivity contribution in [2.45, 2.75) is 139 Å². The number of carbonyl (C=O) groups is 30. The number of carboxylic acids is 9. The van der Waals surface area contributed by atoms with E-state index in [4.69, 9.17) is 103 Å². The highest BCUT2D eigenvalue weighted by Gasteiger charge is 2.33. The number of esters is 21. The largest absolute Gasteiger partial charge is 0.481 e. The van der Waals surface area contributed by atoms with Crippen LogP contribution >= 0.6 is 0 Å². The van der Waals surface area contributed by atoms with Gasteiger partial charge in [-0.3, -0.25) is 144 Å². The van der Waals surface area contributed by atoms with E-state index in [0.717, 1.165) is 0 Å². The maximum Gasteiger partial charge on any atom is 0.317 e. The zero-order valence-electron chi connectivity index (χ0n) is 64.4. The molecule has 2 unspecified atom stereocenters. The van der Waals surface area contributed by atoms with Crippen LogP contribution < -0.4 is 0 Å². The van der Waals surface area contributed by atoms with Crippen molar-refractivity contribution in [1.82, 2.24) is 0 Å². The predicted molar refractivity (Wildman–Crippen MR) is 361 cm³/mol. The first-order valence-corrected chi connectivity index (χ1v) is 34.4. The van der Waals surface area contributed by atoms with E-state index in [9.17, 15) is 144 Å². The first-order chi connectivity index (χ1) is 58.9. The molecule has 0 saturated heterocycles. The van der Waals surface area contributed by atoms with E-state index in [2.05, 4.69) is 42.6 Å². The maximum absolute atomic E-state index is 13.4. The Labute approximate surface area is 698 Å². The van der Waals surface area contributed by atoms with E-state index in [-0.39, 0.29) is 0 Å². The van der Waals surface area contributed by atoms with Gasteiger partial charge in [0.05, 0.1) is 0 Å². The summed E-state index contributed by atoms with van der Waals surface area (Å²) in [5.74, 6) is -49.7. The van der Waals surface area contributed by atoms with Gasteiger partial charge in [0.2, 0.25) is 0 Å². The zero-order valence-corrected chi connectivity index (χ0v) is 64.4. The van der Waals surface area contributed by atoms with Gasteiger partial charge in [-0.15, -0.1) is 0 Å². The van der Waals surface area contributed by atoms with Gasteiger partial charge in [0.1, 0.15) is 189 Å². The summed E-state index contributed by atoms with van der Waals surface area (Å²) in [5.41, 5.74) is 0. The average molecular weight is 1830 g/mol. The van der Waals surface area contributed by atoms with E-state index < -0.39 is 411 Å². The third-order valence-electron chi connectivity index (χ3n) is 12.5. The van der Waals surface area contributed by atoms with E-state index in [1.165, 1.54) is 0 Å². The predicted octanol–water partition coefficient (Wildman–Crippen LogP) is -8.41. The van der Waals surface area contributed by atoms with Gasteiger partial charge in [0.25, 0.3) is 0 Å². The average Bonchev–Trinajstić information content (AvgIpc) is 0.914. The smallest absolute Gasteiger partial charge is 0.317 e. The van der Waals surface area contributed by atoms with Crippen molar-refractivity contribution in [2.24, 2.45) is 0 Å². The molecule has 2 atom stereocenters. The molecular weight excluding hydrogens is 1750 g/mol. The van der Waals surface area contributed by atoms with Crippen LogP contribution in [0, 0.1) is 0 Å². The molecule has 0 radical (unpaired) electrons. The molecule has 0 aliphatic carbocycles. The van der Waals surface area contributed by atoms with Gasteiger partial charge in [0.15, 0.2) is 42.7 Å². The molecule has 0 fully saturated rings. The fourth-order valence-corrected chi connectivity index (χ4v) is 7.54. The number of aliphatic carboxylic acids is 9. The molecular formula is C66H74O60. The van der Waals surface area contributed by atoms with E-state index in [1.54, 1.807) is 0 Å². The standard InChI is InChI=1S/C66H74O60/c67-37(68)1-46(85)106-16-30(17-107-47(86)2-38(69)70)120-60(99)10-55(94)115-25-34(24-114-54(93)9-45(83)84)123-63(102)13-58(97)118-28-36(126-66(105)15-65(104)125-33(22-112-52(91)7-43(79)80)23-113-53(92)8-44(81)82)29-119-59(98)14-64(103)124-35(26-116-56(95)11-61(100)121-31(18-108-48(87)3-39(71)72)19-109-49(88)4-40(73)74)27-117-57(96)12-62(101)122-32(20-110-50(89)5-41(75)76)21-111-51(90)6-42(77)78/h30-36H,1-29H2,(H,67,68)(H,69,70)(H,71,72)(H,73,74)(H,75,76)(H,77,78)(H,79,80)(H,81,82)(H,83,84). The van der Waals surface area contributed by atoms with Crippen molar-refractivity contribution in [3.05, 3.63) is 0 Å². The summed E-state index contributed by atoms with van der Waals surface area (Å²) in [6.45, 7) is -17.2. The molecule has 0 aromatic rings. The Kier molecular flexibility index (Phi) is 52.9. The van der Waals surface area contributed by atoms with Gasteiger partial charge < -0.3 is 145 Å². The molecule has 0 saturated carbocycles. The Bertz CT molecular complexity index is 3780. The van der Waals surface area contributed by atoms with Crippen molar-refractivity contribution in [2.75, 3.05) is 92.5 Å². The van der Waals surface area contributed by atoms with Crippen molar-refractivity contribution in [3.8, 4) is 0 Å². The van der Waals surface area contributed by atoms with Crippen molar-refractivity contribution >= 4 is 179 Å². The number of carbonyl (C=O) groups excluding carboxylic acids is 21. The summed E-state index contributed by atoms with van der Waals surface area (Å²) in [6, 6.07) is 0. The molecule has 126 heavy (non-hydrogen) atoms. The second-order valence-electron chi connectivity index (χ2n) is 23.5. The molecule has 0 rings (SSSR count). The fourth-order valence-electron chi connectivity index (χ4n) is 7.54. The number of hydrogen-bond donors (Lipinski definition) is 9. The van der Waals surface area contributed by atoms with Gasteiger partial charge in [-0.05, 0) is 0 Å². The van der Waals surface area contributed by atoms with Crippen LogP contribution in [0.25, 0.3) is 0 Å². The fraction of sp³-hybridized carbons (Fsp3) is 0.545. The van der Waals surface area contributed by atoms with Crippen molar-refractivity contribution < 1.29 is 289 Å². The highest BCUT2D eigenvalue weighted by Crippen LogP contribution is 2.13. The van der Waals surface area contributed by atoms with Gasteiger partial charge in [-0.2, -0.15) is 0 Å². The van der Waals surface area contributed by atoms with Crippen LogP contribution in [0.5, 0.6) is 0 Å². The Morgan fingerprint density at radius 3 is 0.270 bits per heavy atom. The normalized spacial score (nSPS) is 10.9. The molecule has 0 aromatic carbocycles. The second kappa shape index (κ2) is 60.6. The van der Waals surface area contributed by atoms with Crippen LogP contribution in [-0.4, -0.2) is 360 Å². The van der Waals surface area contributed by atoms with Crippen LogP contribution in [0.1, 0.15) is 96.3 Å². The molecule has 0 aromatic heterocycles. The van der Waals surface area contributed by atoms with Crippen LogP contribution in [-0.2, 0) is 243 Å². The summed E-state index contributed by atoms with van der Waals surface area (Å²) in [6.07, 6.45) is -35.4. The Morgan fingerprint density at radius 1 is 0.119 bits per heavy atom. The maximum atomic E-state index is 13.4. The van der Waals surface area contributed by atoms with Crippen LogP contribution in [0.4, 0.5) is 0 Å². The molecule has 60 nitrogen and oxygen atoms in total. The lowest BCUT2D eigenvalue weighted by atomic mass is 10.3. The topological polar surface area (TPSA) is 888 Å². The number of hydrogen-bond acceptors (Lipinski definition) is 51. The van der Waals surface area contributed by atoms with Gasteiger partial charge >= 0.3 is 179 Å². The minimum Gasteiger partial charge on any atom is -0.481 e. The lowest BCUT2D eigenvalue weighted by molar-refractivity contribution is -0.178. The van der Waals surface area contributed by atoms with E-state index in [1.807, 2.05) is 0 Å². The minimum atomic E-state index is -2.29. The van der Waals surface area contributed by atoms with Crippen LogP contribution in [0.15, 0.2) is 0 Å². The molecule has 0 bridgehead atoms. The third-order valence-corrected chi connectivity index (χ3v) is 12.5. The quantitative estimate of drug-likeness (QED) is 0.0155. The number of rotatable bonds is 65. The third kappa shape index (κ3) is 61.4. The first kappa shape index (κ1) is 110. The summed E-state index contributed by atoms with van der Waals surface area (Å²) in [7, 11) is 0. The first-order valence-electron chi connectivity index (χ1n) is 34.4. The zero-order chi connectivity index (χ0) is 95.7. The highest BCUT2D eigenvalue weighted by atomic mass is 16.7. The summed E-state index contributed by atoms with van der Waals surface area (Å²) < 4.78 is 100. The monoisotopic (exact) mass is 1830 g/mol. The lowest BCUT2D eigenvalue weighted by Gasteiger charge is -2.20. The molecule has 0 amide bonds. The molecule has 0 aliphatic heterocycles. The second-order valence-corrected chi connectivity index (χ2v) is 23.5. The molecule has 9 N–H and O–H groups in total. The number of carboxylic acid groups (broad SMARTS) is 9. The van der Waals surface area contributed by atoms with Gasteiger partial charge in [0, 0.05) is 0 Å². The van der Waals surface area contributed by atoms with Gasteiger partial charge in [-0.1, -0.05) is 0 Å². The Balaban J connectivity index is 7.28. The SMILES string of the molecule is O=C(O)CC(=O)OCC(COC(=O)CC(=O)O)OC(=O)CC(=O)OCC(COC(=O)CC(=O)O)OC(=O)CC(=O)OCC(COC(=O)CC(=O)OC(COC(=O)CC(=O)OC(COC(=O)CC(=O)O)COC(=O)CC(=O)O)COC(=O)CC(=O)OC(COC(=O)CC(=O)O)COC(=O)CC(=O)O)OC(=O)CC(=O)OC(COC(=O)CC(=O)O)COC(=O)CC(=O)O. The molecule has 60 heteroatoms. The van der Waals surface area contributed by atoms with Crippen LogP contribution in [0.3, 0.4) is 0 Å². The summed E-state index contributed by atoms with van der Waals surface area (Å²) in [5, 5.41) is 79.8. The van der Waals surface area contributed by atoms with E-state index in [0.29, 0.717) is 0 Å². The van der Waals surface area contributed by atoms with E-state index >= 15 is 0 Å². The van der Waals surface area contributed by atoms with Crippen molar-refractivity contribution in [3.63, 3.8) is 0 Å². The lowest BCUT2D eigenvalue weighted by Crippen LogP contribution is -2.35. The van der Waals surface area contributed by atoms with Gasteiger partial charge in [-0.25, -0.2) is 0 Å². The van der Waals surface area contributed by atoms with Crippen molar-refractivity contribution in [1.29, 1.82) is 0 Å².